The second kappa shape index (κ2) is 4.61. The highest BCUT2D eigenvalue weighted by atomic mass is 35.5. The van der Waals surface area contributed by atoms with Gasteiger partial charge >= 0.3 is 0 Å². The molecule has 80 valence electrons. The van der Waals surface area contributed by atoms with Crippen LogP contribution in [0, 0.1) is 0 Å². The van der Waals surface area contributed by atoms with E-state index in [0.717, 1.165) is 6.54 Å². The lowest BCUT2D eigenvalue weighted by atomic mass is 10.3. The average molecular weight is 218 g/mol. The zero-order valence-corrected chi connectivity index (χ0v) is 9.41. The molecule has 1 atom stereocenters. The lowest BCUT2D eigenvalue weighted by molar-refractivity contribution is 0.232. The van der Waals surface area contributed by atoms with Gasteiger partial charge in [0.2, 0.25) is 11.3 Å². The topological polar surface area (TPSA) is 66.0 Å². The van der Waals surface area contributed by atoms with Crippen molar-refractivity contribution in [1.82, 2.24) is 10.2 Å². The van der Waals surface area contributed by atoms with Gasteiger partial charge in [0.1, 0.15) is 0 Å². The first-order valence-electron chi connectivity index (χ1n) is 4.65. The number of hydrogen-bond acceptors (Lipinski definition) is 5. The molecule has 0 saturated carbocycles. The number of aliphatic imine (C=N–C) groups is 2. The minimum absolute atomic E-state index is 0.204. The van der Waals surface area contributed by atoms with Crippen LogP contribution in [-0.4, -0.2) is 35.0 Å². The van der Waals surface area contributed by atoms with E-state index >= 15 is 0 Å². The SMILES string of the molecule is CCNC1N=C(N)N=C(Cl)N1C(C)C. The van der Waals surface area contributed by atoms with E-state index in [0.29, 0.717) is 5.29 Å². The minimum Gasteiger partial charge on any atom is -0.368 e. The van der Waals surface area contributed by atoms with Crippen LogP contribution in [0.3, 0.4) is 0 Å². The first-order valence-corrected chi connectivity index (χ1v) is 5.03. The molecule has 1 aliphatic heterocycles. The normalized spacial score (nSPS) is 22.4. The summed E-state index contributed by atoms with van der Waals surface area (Å²) in [5, 5.41) is 3.56. The largest absolute Gasteiger partial charge is 0.368 e. The third-order valence-electron chi connectivity index (χ3n) is 1.88. The molecule has 0 spiro atoms. The first kappa shape index (κ1) is 11.3. The van der Waals surface area contributed by atoms with Gasteiger partial charge in [-0.15, -0.1) is 0 Å². The van der Waals surface area contributed by atoms with Crippen molar-refractivity contribution in [2.45, 2.75) is 33.1 Å². The van der Waals surface area contributed by atoms with Crippen LogP contribution in [0.1, 0.15) is 20.8 Å². The molecule has 1 rings (SSSR count). The smallest absolute Gasteiger partial charge is 0.221 e. The van der Waals surface area contributed by atoms with Gasteiger partial charge in [-0.3, -0.25) is 5.32 Å². The molecule has 3 N–H and O–H groups in total. The Morgan fingerprint density at radius 2 is 2.29 bits per heavy atom. The van der Waals surface area contributed by atoms with Crippen LogP contribution in [0.2, 0.25) is 0 Å². The number of rotatable bonds is 3. The summed E-state index contributed by atoms with van der Waals surface area (Å²) < 4.78 is 0. The monoisotopic (exact) mass is 217 g/mol. The Balaban J connectivity index is 2.85. The molecule has 0 radical (unpaired) electrons. The van der Waals surface area contributed by atoms with E-state index < -0.39 is 0 Å². The van der Waals surface area contributed by atoms with Crippen molar-refractivity contribution in [3.05, 3.63) is 0 Å². The summed E-state index contributed by atoms with van der Waals surface area (Å²) in [4.78, 5) is 9.95. The average Bonchev–Trinajstić information content (AvgIpc) is 2.01. The van der Waals surface area contributed by atoms with Gasteiger partial charge < -0.3 is 10.6 Å². The number of amidine groups is 1. The Hall–Kier alpha value is -0.810. The standard InChI is InChI=1S/C8H16ClN5/c1-4-11-8-13-7(10)12-6(9)14(8)5(2)3/h5,8,11H,4H2,1-3H3,(H2,10,13). The quantitative estimate of drug-likeness (QED) is 0.678. The second-order valence-electron chi connectivity index (χ2n) is 3.30. The maximum absolute atomic E-state index is 5.98. The molecular formula is C8H16ClN5. The van der Waals surface area contributed by atoms with Gasteiger partial charge in [0, 0.05) is 6.04 Å². The zero-order valence-electron chi connectivity index (χ0n) is 8.66. The molecule has 1 heterocycles. The van der Waals surface area contributed by atoms with Gasteiger partial charge in [0.25, 0.3) is 0 Å². The summed E-state index contributed by atoms with van der Waals surface area (Å²) in [6.07, 6.45) is -0.204. The van der Waals surface area contributed by atoms with Crippen molar-refractivity contribution in [3.8, 4) is 0 Å². The molecule has 0 aromatic carbocycles. The number of nitrogens with one attached hydrogen (secondary N) is 1. The first-order chi connectivity index (χ1) is 6.56. The third-order valence-corrected chi connectivity index (χ3v) is 2.16. The Bertz CT molecular complexity index is 260. The van der Waals surface area contributed by atoms with Crippen LogP contribution in [0.5, 0.6) is 0 Å². The molecule has 5 nitrogen and oxygen atoms in total. The van der Waals surface area contributed by atoms with E-state index in [1.807, 2.05) is 25.7 Å². The van der Waals surface area contributed by atoms with Gasteiger partial charge in [0.05, 0.1) is 0 Å². The van der Waals surface area contributed by atoms with Crippen molar-refractivity contribution >= 4 is 22.9 Å². The van der Waals surface area contributed by atoms with E-state index in [1.165, 1.54) is 0 Å². The van der Waals surface area contributed by atoms with E-state index in [9.17, 15) is 0 Å². The van der Waals surface area contributed by atoms with Crippen LogP contribution in [0.25, 0.3) is 0 Å². The molecule has 0 amide bonds. The third kappa shape index (κ3) is 2.36. The summed E-state index contributed by atoms with van der Waals surface area (Å²) >= 11 is 5.98. The molecule has 0 fully saturated rings. The van der Waals surface area contributed by atoms with Crippen LogP contribution in [0.4, 0.5) is 0 Å². The highest BCUT2D eigenvalue weighted by molar-refractivity contribution is 6.65. The summed E-state index contributed by atoms with van der Waals surface area (Å²) in [6, 6.07) is 0.229. The predicted octanol–water partition coefficient (Wildman–Crippen LogP) is 0.513. The van der Waals surface area contributed by atoms with Gasteiger partial charge in [-0.25, -0.2) is 4.99 Å². The molecule has 14 heavy (non-hydrogen) atoms. The Kier molecular flexibility index (Phi) is 3.71. The molecule has 0 aliphatic carbocycles. The molecule has 1 aliphatic rings. The fraction of sp³-hybridized carbons (Fsp3) is 0.750. The van der Waals surface area contributed by atoms with Crippen molar-refractivity contribution in [1.29, 1.82) is 0 Å². The molecule has 6 heteroatoms. The number of nitrogens with two attached hydrogens (primary N) is 1. The minimum atomic E-state index is -0.204. The van der Waals surface area contributed by atoms with Crippen molar-refractivity contribution in [2.24, 2.45) is 15.7 Å². The summed E-state index contributed by atoms with van der Waals surface area (Å²) in [5.41, 5.74) is 5.52. The lowest BCUT2D eigenvalue weighted by Gasteiger charge is -2.35. The lowest BCUT2D eigenvalue weighted by Crippen LogP contribution is -2.52. The Morgan fingerprint density at radius 3 is 2.79 bits per heavy atom. The van der Waals surface area contributed by atoms with Gasteiger partial charge in [0.15, 0.2) is 6.29 Å². The van der Waals surface area contributed by atoms with E-state index in [1.54, 1.807) is 0 Å². The summed E-state index contributed by atoms with van der Waals surface area (Å²) in [5.74, 6) is 0.220. The fourth-order valence-electron chi connectivity index (χ4n) is 1.29. The maximum Gasteiger partial charge on any atom is 0.221 e. The molecule has 0 aromatic heterocycles. The van der Waals surface area contributed by atoms with Crippen molar-refractivity contribution in [2.75, 3.05) is 6.54 Å². The van der Waals surface area contributed by atoms with Crippen LogP contribution >= 0.6 is 11.6 Å². The van der Waals surface area contributed by atoms with Crippen LogP contribution in [-0.2, 0) is 0 Å². The molecular weight excluding hydrogens is 202 g/mol. The summed E-state index contributed by atoms with van der Waals surface area (Å²) in [7, 11) is 0. The number of halogens is 1. The molecule has 0 bridgehead atoms. The van der Waals surface area contributed by atoms with Crippen LogP contribution in [0.15, 0.2) is 9.98 Å². The second-order valence-corrected chi connectivity index (χ2v) is 3.64. The Morgan fingerprint density at radius 1 is 1.64 bits per heavy atom. The fourth-order valence-corrected chi connectivity index (χ4v) is 1.67. The molecule has 0 aromatic rings. The number of nitrogens with zero attached hydrogens (tertiary/aromatic N) is 3. The number of hydrogen-bond donors (Lipinski definition) is 2. The zero-order chi connectivity index (χ0) is 10.7. The van der Waals surface area contributed by atoms with Crippen molar-refractivity contribution < 1.29 is 0 Å². The Labute approximate surface area is 89.0 Å². The van der Waals surface area contributed by atoms with Crippen LogP contribution < -0.4 is 11.1 Å². The van der Waals surface area contributed by atoms with Gasteiger partial charge in [-0.2, -0.15) is 4.99 Å². The highest BCUT2D eigenvalue weighted by Crippen LogP contribution is 2.13. The van der Waals surface area contributed by atoms with Crippen molar-refractivity contribution in [3.63, 3.8) is 0 Å². The van der Waals surface area contributed by atoms with E-state index in [2.05, 4.69) is 15.3 Å². The number of guanidine groups is 1. The summed E-state index contributed by atoms with van der Waals surface area (Å²) in [6.45, 7) is 6.86. The maximum atomic E-state index is 5.98. The van der Waals surface area contributed by atoms with Gasteiger partial charge in [-0.1, -0.05) is 6.92 Å². The molecule has 1 unspecified atom stereocenters. The predicted molar refractivity (Wildman–Crippen MR) is 59.4 cm³/mol. The highest BCUT2D eigenvalue weighted by Gasteiger charge is 2.26. The molecule has 0 saturated heterocycles. The van der Waals surface area contributed by atoms with Gasteiger partial charge in [-0.05, 0) is 32.0 Å². The van der Waals surface area contributed by atoms with E-state index in [-0.39, 0.29) is 18.3 Å². The van der Waals surface area contributed by atoms with E-state index in [4.69, 9.17) is 17.3 Å².